The highest BCUT2D eigenvalue weighted by Gasteiger charge is 2.02. The number of benzene rings is 1. The fourth-order valence-electron chi connectivity index (χ4n) is 1.09. The number of rotatable bonds is 4. The predicted octanol–water partition coefficient (Wildman–Crippen LogP) is 2.21. The van der Waals surface area contributed by atoms with Crippen LogP contribution in [-0.2, 0) is 16.0 Å². The van der Waals surface area contributed by atoms with Gasteiger partial charge in [0.05, 0.1) is 0 Å². The van der Waals surface area contributed by atoms with Crippen LogP contribution in [0.1, 0.15) is 5.56 Å². The van der Waals surface area contributed by atoms with Crippen molar-refractivity contribution in [3.05, 3.63) is 34.3 Å². The van der Waals surface area contributed by atoms with Crippen LogP contribution in [0.15, 0.2) is 28.7 Å². The summed E-state index contributed by atoms with van der Waals surface area (Å²) in [5.41, 5.74) is 1.01. The molecule has 0 aromatic heterocycles. The molecule has 1 aromatic rings. The molecule has 0 saturated heterocycles. The highest BCUT2D eigenvalue weighted by Crippen LogP contribution is 2.12. The van der Waals surface area contributed by atoms with Gasteiger partial charge in [0.2, 0.25) is 0 Å². The Balaban J connectivity index is 2.58. The van der Waals surface area contributed by atoms with Crippen molar-refractivity contribution >= 4 is 21.7 Å². The average molecular weight is 243 g/mol. The third kappa shape index (κ3) is 3.70. The molecule has 2 nitrogen and oxygen atoms in total. The maximum absolute atomic E-state index is 11.2. The van der Waals surface area contributed by atoms with E-state index in [4.69, 9.17) is 4.74 Å². The number of carbonyl (C=O) groups is 1. The summed E-state index contributed by atoms with van der Waals surface area (Å²) in [6.45, 7) is 0.187. The van der Waals surface area contributed by atoms with Gasteiger partial charge in [-0.15, -0.1) is 0 Å². The highest BCUT2D eigenvalue weighted by atomic mass is 79.9. The molecule has 0 heterocycles. The molecule has 0 fully saturated rings. The second kappa shape index (κ2) is 5.14. The van der Waals surface area contributed by atoms with Crippen molar-refractivity contribution in [2.45, 2.75) is 6.42 Å². The van der Waals surface area contributed by atoms with Crippen LogP contribution in [0.4, 0.5) is 0 Å². The van der Waals surface area contributed by atoms with Crippen LogP contribution in [0.3, 0.4) is 0 Å². The molecule has 3 heteroatoms. The zero-order valence-electron chi connectivity index (χ0n) is 7.42. The average Bonchev–Trinajstić information content (AvgIpc) is 2.04. The van der Waals surface area contributed by atoms with E-state index in [1.54, 1.807) is 0 Å². The van der Waals surface area contributed by atoms with Gasteiger partial charge in [0, 0.05) is 18.0 Å². The Morgan fingerprint density at radius 3 is 2.92 bits per heavy atom. The van der Waals surface area contributed by atoms with Gasteiger partial charge in [-0.05, 0) is 17.7 Å². The molecule has 0 bridgehead atoms. The van der Waals surface area contributed by atoms with Gasteiger partial charge < -0.3 is 4.74 Å². The predicted molar refractivity (Wildman–Crippen MR) is 54.7 cm³/mol. The fourth-order valence-corrected chi connectivity index (χ4v) is 1.53. The lowest BCUT2D eigenvalue weighted by atomic mass is 10.1. The molecule has 0 aliphatic rings. The van der Waals surface area contributed by atoms with Crippen LogP contribution in [0.2, 0.25) is 0 Å². The minimum Gasteiger partial charge on any atom is -0.377 e. The minimum atomic E-state index is 0.0978. The van der Waals surface area contributed by atoms with E-state index in [0.717, 1.165) is 10.0 Å². The number of methoxy groups -OCH3 is 1. The Bertz CT molecular complexity index is 297. The second-order valence-corrected chi connectivity index (χ2v) is 3.69. The van der Waals surface area contributed by atoms with Gasteiger partial charge in [-0.3, -0.25) is 4.79 Å². The third-order valence-corrected chi connectivity index (χ3v) is 2.09. The Morgan fingerprint density at radius 2 is 2.31 bits per heavy atom. The van der Waals surface area contributed by atoms with E-state index in [-0.39, 0.29) is 12.4 Å². The van der Waals surface area contributed by atoms with Gasteiger partial charge in [0.15, 0.2) is 5.78 Å². The van der Waals surface area contributed by atoms with E-state index in [0.29, 0.717) is 6.42 Å². The van der Waals surface area contributed by atoms with E-state index in [9.17, 15) is 4.79 Å². The molecular weight excluding hydrogens is 232 g/mol. The first-order chi connectivity index (χ1) is 6.22. The maximum Gasteiger partial charge on any atom is 0.162 e. The molecular formula is C10H11BrO2. The summed E-state index contributed by atoms with van der Waals surface area (Å²) in [7, 11) is 1.53. The van der Waals surface area contributed by atoms with E-state index >= 15 is 0 Å². The molecule has 1 aromatic carbocycles. The molecule has 0 N–H and O–H groups in total. The van der Waals surface area contributed by atoms with Gasteiger partial charge in [0.1, 0.15) is 6.61 Å². The first-order valence-electron chi connectivity index (χ1n) is 3.97. The number of halogens is 1. The number of carbonyl (C=O) groups excluding carboxylic acids is 1. The molecule has 0 saturated carbocycles. The Hall–Kier alpha value is -0.670. The monoisotopic (exact) mass is 242 g/mol. The summed E-state index contributed by atoms with van der Waals surface area (Å²) in [5, 5.41) is 0. The molecule has 0 unspecified atom stereocenters. The van der Waals surface area contributed by atoms with Crippen molar-refractivity contribution in [3.63, 3.8) is 0 Å². The van der Waals surface area contributed by atoms with Gasteiger partial charge in [-0.25, -0.2) is 0 Å². The summed E-state index contributed by atoms with van der Waals surface area (Å²) in [6, 6.07) is 7.72. The second-order valence-electron chi connectivity index (χ2n) is 2.78. The Labute approximate surface area is 86.0 Å². The summed E-state index contributed by atoms with van der Waals surface area (Å²) in [5.74, 6) is 0.0978. The van der Waals surface area contributed by atoms with Gasteiger partial charge in [0.25, 0.3) is 0 Å². The molecule has 0 radical (unpaired) electrons. The molecule has 0 aliphatic carbocycles. The first-order valence-corrected chi connectivity index (χ1v) is 4.77. The molecule has 70 valence electrons. The van der Waals surface area contributed by atoms with Gasteiger partial charge in [-0.2, -0.15) is 0 Å². The van der Waals surface area contributed by atoms with Crippen LogP contribution in [0.5, 0.6) is 0 Å². The molecule has 1 rings (SSSR count). The first kappa shape index (κ1) is 10.4. The van der Waals surface area contributed by atoms with Crippen LogP contribution >= 0.6 is 15.9 Å². The molecule has 0 amide bonds. The van der Waals surface area contributed by atoms with Crippen LogP contribution in [0.25, 0.3) is 0 Å². The summed E-state index contributed by atoms with van der Waals surface area (Å²) in [6.07, 6.45) is 0.438. The van der Waals surface area contributed by atoms with Crippen LogP contribution in [0, 0.1) is 0 Å². The largest absolute Gasteiger partial charge is 0.377 e. The standard InChI is InChI=1S/C10H11BrO2/c1-13-7-10(12)6-8-3-2-4-9(11)5-8/h2-5H,6-7H2,1H3. The quantitative estimate of drug-likeness (QED) is 0.810. The van der Waals surface area contributed by atoms with Crippen molar-refractivity contribution in [3.8, 4) is 0 Å². The van der Waals surface area contributed by atoms with E-state index in [2.05, 4.69) is 15.9 Å². The highest BCUT2D eigenvalue weighted by molar-refractivity contribution is 9.10. The van der Waals surface area contributed by atoms with E-state index in [1.807, 2.05) is 24.3 Å². The Morgan fingerprint density at radius 1 is 1.54 bits per heavy atom. The number of hydrogen-bond acceptors (Lipinski definition) is 2. The summed E-state index contributed by atoms with van der Waals surface area (Å²) < 4.78 is 5.74. The maximum atomic E-state index is 11.2. The van der Waals surface area contributed by atoms with Gasteiger partial charge >= 0.3 is 0 Å². The lowest BCUT2D eigenvalue weighted by Crippen LogP contribution is -2.09. The number of ether oxygens (including phenoxy) is 1. The van der Waals surface area contributed by atoms with Crippen molar-refractivity contribution in [1.29, 1.82) is 0 Å². The molecule has 13 heavy (non-hydrogen) atoms. The summed E-state index contributed by atoms with van der Waals surface area (Å²) in [4.78, 5) is 11.2. The lowest BCUT2D eigenvalue weighted by Gasteiger charge is -2.00. The molecule has 0 spiro atoms. The van der Waals surface area contributed by atoms with Crippen molar-refractivity contribution < 1.29 is 9.53 Å². The molecule has 0 aliphatic heterocycles. The number of ketones is 1. The van der Waals surface area contributed by atoms with Crippen LogP contribution in [-0.4, -0.2) is 19.5 Å². The fraction of sp³-hybridized carbons (Fsp3) is 0.300. The number of Topliss-reactive ketones (excluding diaryl/α,β-unsaturated/α-hetero) is 1. The SMILES string of the molecule is COCC(=O)Cc1cccc(Br)c1. The van der Waals surface area contributed by atoms with E-state index < -0.39 is 0 Å². The lowest BCUT2D eigenvalue weighted by molar-refractivity contribution is -0.121. The van der Waals surface area contributed by atoms with Crippen molar-refractivity contribution in [2.75, 3.05) is 13.7 Å². The topological polar surface area (TPSA) is 26.3 Å². The van der Waals surface area contributed by atoms with Crippen molar-refractivity contribution in [2.24, 2.45) is 0 Å². The number of hydrogen-bond donors (Lipinski definition) is 0. The Kier molecular flexibility index (Phi) is 4.12. The van der Waals surface area contributed by atoms with Gasteiger partial charge in [-0.1, -0.05) is 28.1 Å². The smallest absolute Gasteiger partial charge is 0.162 e. The zero-order chi connectivity index (χ0) is 9.68. The minimum absolute atomic E-state index is 0.0978. The van der Waals surface area contributed by atoms with E-state index in [1.165, 1.54) is 7.11 Å². The third-order valence-electron chi connectivity index (χ3n) is 1.60. The summed E-state index contributed by atoms with van der Waals surface area (Å²) >= 11 is 3.35. The van der Waals surface area contributed by atoms with Crippen LogP contribution < -0.4 is 0 Å². The normalized spacial score (nSPS) is 10.0. The zero-order valence-corrected chi connectivity index (χ0v) is 9.00. The van der Waals surface area contributed by atoms with Crippen molar-refractivity contribution in [1.82, 2.24) is 0 Å². The molecule has 0 atom stereocenters.